The van der Waals surface area contributed by atoms with E-state index in [-0.39, 0.29) is 11.7 Å². The van der Waals surface area contributed by atoms with Gasteiger partial charge in [0.2, 0.25) is 5.91 Å². The molecule has 1 aromatic carbocycles. The van der Waals surface area contributed by atoms with Crippen LogP contribution in [0.15, 0.2) is 48.9 Å². The van der Waals surface area contributed by atoms with Crippen molar-refractivity contribution < 1.29 is 9.18 Å². The van der Waals surface area contributed by atoms with Crippen LogP contribution < -0.4 is 5.32 Å². The van der Waals surface area contributed by atoms with Crippen molar-refractivity contribution in [1.29, 1.82) is 0 Å². The van der Waals surface area contributed by atoms with E-state index < -0.39 is 6.04 Å². The van der Waals surface area contributed by atoms with Crippen molar-refractivity contribution in [2.24, 2.45) is 0 Å². The van der Waals surface area contributed by atoms with E-state index in [1.165, 1.54) is 12.1 Å². The van der Waals surface area contributed by atoms with Crippen LogP contribution >= 0.6 is 0 Å². The molecule has 0 radical (unpaired) electrons. The Hall–Kier alpha value is -2.80. The lowest BCUT2D eigenvalue weighted by atomic mass is 10.1. The summed E-state index contributed by atoms with van der Waals surface area (Å²) in [7, 11) is 3.62. The number of hydrogen-bond donors (Lipinski definition) is 1. The van der Waals surface area contributed by atoms with Gasteiger partial charge in [0.25, 0.3) is 0 Å². The molecule has 0 aliphatic carbocycles. The zero-order valence-electron chi connectivity index (χ0n) is 13.5. The third-order valence-corrected chi connectivity index (χ3v) is 3.76. The van der Waals surface area contributed by atoms with E-state index in [0.717, 1.165) is 11.1 Å². The Morgan fingerprint density at radius 2 is 2.08 bits per heavy atom. The van der Waals surface area contributed by atoms with Gasteiger partial charge in [0.1, 0.15) is 11.9 Å². The first-order chi connectivity index (χ1) is 11.6. The van der Waals surface area contributed by atoms with Gasteiger partial charge in [-0.1, -0.05) is 12.1 Å². The monoisotopic (exact) mass is 327 g/mol. The average molecular weight is 327 g/mol. The second-order valence-electron chi connectivity index (χ2n) is 5.69. The van der Waals surface area contributed by atoms with Crippen molar-refractivity contribution in [2.45, 2.75) is 12.6 Å². The van der Waals surface area contributed by atoms with Gasteiger partial charge in [0.15, 0.2) is 5.65 Å². The second-order valence-corrected chi connectivity index (χ2v) is 5.69. The third kappa shape index (κ3) is 3.26. The molecule has 0 aliphatic heterocycles. The fourth-order valence-corrected chi connectivity index (χ4v) is 2.61. The van der Waals surface area contributed by atoms with Crippen LogP contribution in [0.5, 0.6) is 0 Å². The van der Waals surface area contributed by atoms with E-state index in [1.54, 1.807) is 46.2 Å². The van der Waals surface area contributed by atoms with Crippen molar-refractivity contribution in [3.05, 3.63) is 65.9 Å². The molecule has 0 fully saturated rings. The third-order valence-electron chi connectivity index (χ3n) is 3.76. The van der Waals surface area contributed by atoms with Gasteiger partial charge < -0.3 is 5.32 Å². The van der Waals surface area contributed by atoms with Gasteiger partial charge in [-0.25, -0.2) is 13.9 Å². The molecule has 3 rings (SSSR count). The lowest BCUT2D eigenvalue weighted by molar-refractivity contribution is -0.125. The van der Waals surface area contributed by atoms with Crippen LogP contribution in [-0.4, -0.2) is 39.5 Å². The van der Waals surface area contributed by atoms with Crippen LogP contribution in [0.2, 0.25) is 0 Å². The summed E-state index contributed by atoms with van der Waals surface area (Å²) in [6.07, 6.45) is 5.17. The highest BCUT2D eigenvalue weighted by molar-refractivity contribution is 5.83. The van der Waals surface area contributed by atoms with Crippen LogP contribution in [-0.2, 0) is 11.3 Å². The normalized spacial score (nSPS) is 12.5. The van der Waals surface area contributed by atoms with Crippen molar-refractivity contribution in [3.63, 3.8) is 0 Å². The number of likely N-dealkylation sites (N-methyl/N-ethyl adjacent to an activating group) is 1. The molecule has 0 unspecified atom stereocenters. The summed E-state index contributed by atoms with van der Waals surface area (Å²) in [6, 6.07) is 7.24. The number of carbonyl (C=O) groups excluding carboxylic acids is 1. The highest BCUT2D eigenvalue weighted by Crippen LogP contribution is 2.19. The highest BCUT2D eigenvalue weighted by atomic mass is 19.1. The minimum atomic E-state index is -0.500. The molecule has 2 heterocycles. The van der Waals surface area contributed by atoms with Gasteiger partial charge in [0, 0.05) is 24.5 Å². The van der Waals surface area contributed by atoms with Gasteiger partial charge in [-0.2, -0.15) is 5.10 Å². The fourth-order valence-electron chi connectivity index (χ4n) is 2.61. The van der Waals surface area contributed by atoms with Crippen LogP contribution in [0, 0.1) is 5.82 Å². The summed E-state index contributed by atoms with van der Waals surface area (Å²) >= 11 is 0. The van der Waals surface area contributed by atoms with Crippen molar-refractivity contribution in [1.82, 2.24) is 24.8 Å². The molecule has 0 saturated heterocycles. The lowest BCUT2D eigenvalue weighted by Gasteiger charge is -2.23. The molecule has 0 aliphatic rings. The van der Waals surface area contributed by atoms with Crippen molar-refractivity contribution in [2.75, 3.05) is 14.1 Å². The Bertz CT molecular complexity index is 844. The largest absolute Gasteiger partial charge is 0.350 e. The molecule has 24 heavy (non-hydrogen) atoms. The standard InChI is InChI=1S/C17H18FN5O/c1-22(2)15(12-4-6-14(18)7-5-12)17(24)20-10-13-11-21-23-9-3-8-19-16(13)23/h3-9,11,15H,10H2,1-2H3,(H,20,24)/t15-/m1/s1. The molecular formula is C17H18FN5O. The topological polar surface area (TPSA) is 62.5 Å². The summed E-state index contributed by atoms with van der Waals surface area (Å²) in [5, 5.41) is 7.10. The number of carbonyl (C=O) groups is 1. The zero-order chi connectivity index (χ0) is 17.1. The number of nitrogens with one attached hydrogen (secondary N) is 1. The molecule has 0 spiro atoms. The molecule has 6 nitrogen and oxygen atoms in total. The summed E-state index contributed by atoms with van der Waals surface area (Å²) in [6.45, 7) is 0.324. The maximum atomic E-state index is 13.1. The average Bonchev–Trinajstić information content (AvgIpc) is 2.98. The van der Waals surface area contributed by atoms with E-state index in [1.807, 2.05) is 14.1 Å². The fraction of sp³-hybridized carbons (Fsp3) is 0.235. The van der Waals surface area contributed by atoms with E-state index in [4.69, 9.17) is 0 Å². The first-order valence-corrected chi connectivity index (χ1v) is 7.53. The predicted octanol–water partition coefficient (Wildman–Crippen LogP) is 1.79. The van der Waals surface area contributed by atoms with E-state index in [2.05, 4.69) is 15.4 Å². The number of nitrogens with zero attached hydrogens (tertiary/aromatic N) is 4. The molecule has 1 amide bonds. The SMILES string of the molecule is CN(C)[C@@H](C(=O)NCc1cnn2cccnc12)c1ccc(F)cc1. The molecule has 0 bridgehead atoms. The Labute approximate surface area is 138 Å². The molecule has 3 aromatic rings. The maximum Gasteiger partial charge on any atom is 0.242 e. The van der Waals surface area contributed by atoms with Crippen LogP contribution in [0.3, 0.4) is 0 Å². The molecule has 7 heteroatoms. The highest BCUT2D eigenvalue weighted by Gasteiger charge is 2.23. The van der Waals surface area contributed by atoms with Gasteiger partial charge >= 0.3 is 0 Å². The molecule has 124 valence electrons. The number of aromatic nitrogens is 3. The van der Waals surface area contributed by atoms with E-state index in [0.29, 0.717) is 12.2 Å². The quantitative estimate of drug-likeness (QED) is 0.776. The van der Waals surface area contributed by atoms with Crippen LogP contribution in [0.25, 0.3) is 5.65 Å². The minimum Gasteiger partial charge on any atom is -0.350 e. The molecule has 0 saturated carbocycles. The van der Waals surface area contributed by atoms with Gasteiger partial charge in [-0.3, -0.25) is 9.69 Å². The maximum absolute atomic E-state index is 13.1. The van der Waals surface area contributed by atoms with Crippen molar-refractivity contribution in [3.8, 4) is 0 Å². The molecule has 2 aromatic heterocycles. The number of hydrogen-bond acceptors (Lipinski definition) is 4. The lowest BCUT2D eigenvalue weighted by Crippen LogP contribution is -2.36. The molecule has 1 atom stereocenters. The van der Waals surface area contributed by atoms with Gasteiger partial charge in [-0.05, 0) is 37.9 Å². The number of amides is 1. The Balaban J connectivity index is 1.75. The summed E-state index contributed by atoms with van der Waals surface area (Å²) in [5.41, 5.74) is 2.28. The summed E-state index contributed by atoms with van der Waals surface area (Å²) in [4.78, 5) is 18.7. The van der Waals surface area contributed by atoms with Crippen LogP contribution in [0.4, 0.5) is 4.39 Å². The first-order valence-electron chi connectivity index (χ1n) is 7.53. The molecule has 1 N–H and O–H groups in total. The first kappa shape index (κ1) is 16.1. The van der Waals surface area contributed by atoms with Gasteiger partial charge in [-0.15, -0.1) is 0 Å². The summed E-state index contributed by atoms with van der Waals surface area (Å²) < 4.78 is 14.8. The molecular weight excluding hydrogens is 309 g/mol. The summed E-state index contributed by atoms with van der Waals surface area (Å²) in [5.74, 6) is -0.490. The number of rotatable bonds is 5. The number of fused-ring (bicyclic) bond motifs is 1. The van der Waals surface area contributed by atoms with Crippen molar-refractivity contribution >= 4 is 11.6 Å². The Morgan fingerprint density at radius 1 is 1.33 bits per heavy atom. The smallest absolute Gasteiger partial charge is 0.242 e. The number of benzene rings is 1. The predicted molar refractivity (Wildman–Crippen MR) is 87.7 cm³/mol. The van der Waals surface area contributed by atoms with E-state index >= 15 is 0 Å². The Morgan fingerprint density at radius 3 is 2.79 bits per heavy atom. The van der Waals surface area contributed by atoms with Crippen LogP contribution in [0.1, 0.15) is 17.2 Å². The number of halogens is 1. The second kappa shape index (κ2) is 6.76. The van der Waals surface area contributed by atoms with Gasteiger partial charge in [0.05, 0.1) is 6.20 Å². The minimum absolute atomic E-state index is 0.165. The zero-order valence-corrected chi connectivity index (χ0v) is 13.5. The Kier molecular flexibility index (Phi) is 4.52. The van der Waals surface area contributed by atoms with E-state index in [9.17, 15) is 9.18 Å².